The van der Waals surface area contributed by atoms with Crippen molar-refractivity contribution in [3.8, 4) is 0 Å². The van der Waals surface area contributed by atoms with Crippen LogP contribution in [0.4, 0.5) is 24.0 Å². The summed E-state index contributed by atoms with van der Waals surface area (Å²) in [4.78, 5) is 1.89. The van der Waals surface area contributed by atoms with Gasteiger partial charge in [-0.1, -0.05) is 0 Å². The van der Waals surface area contributed by atoms with Crippen LogP contribution in [0.15, 0.2) is 6.07 Å². The number of hydrogen-bond acceptors (Lipinski definition) is 6. The van der Waals surface area contributed by atoms with Gasteiger partial charge < -0.3 is 15.2 Å². The first kappa shape index (κ1) is 12.2. The highest BCUT2D eigenvalue weighted by Crippen LogP contribution is 2.31. The second kappa shape index (κ2) is 4.08. The van der Waals surface area contributed by atoms with Crippen molar-refractivity contribution in [2.45, 2.75) is 19.3 Å². The molecule has 6 nitrogen and oxygen atoms in total. The zero-order chi connectivity index (χ0) is 13.6. The fraction of sp³-hybridized carbons (Fsp3) is 0.444. The summed E-state index contributed by atoms with van der Waals surface area (Å²) in [5.74, 6) is -0.237. The van der Waals surface area contributed by atoms with Gasteiger partial charge in [-0.05, 0) is 11.5 Å². The number of anilines is 2. The van der Waals surface area contributed by atoms with Crippen molar-refractivity contribution in [3.05, 3.63) is 17.7 Å². The monoisotopic (exact) mass is 290 g/mol. The first-order chi connectivity index (χ1) is 8.95. The lowest BCUT2D eigenvalue weighted by Gasteiger charge is -2.28. The highest BCUT2D eigenvalue weighted by atomic mass is 32.1. The van der Waals surface area contributed by atoms with Gasteiger partial charge in [-0.15, -0.1) is 10.2 Å². The molecular formula is C9H9F3N6S. The van der Waals surface area contributed by atoms with Crippen LogP contribution in [-0.4, -0.2) is 25.7 Å². The molecule has 0 saturated heterocycles. The summed E-state index contributed by atoms with van der Waals surface area (Å²) in [6, 6.07) is 1.70. The van der Waals surface area contributed by atoms with E-state index < -0.39 is 12.0 Å². The molecule has 19 heavy (non-hydrogen) atoms. The Bertz CT molecular complexity index is 603. The van der Waals surface area contributed by atoms with E-state index in [1.165, 1.54) is 11.5 Å². The Balaban J connectivity index is 1.88. The molecule has 102 valence electrons. The second-order valence-electron chi connectivity index (χ2n) is 4.10. The van der Waals surface area contributed by atoms with Crippen molar-refractivity contribution in [1.82, 2.24) is 19.1 Å². The molecule has 1 aliphatic rings. The van der Waals surface area contributed by atoms with Crippen LogP contribution in [0.2, 0.25) is 0 Å². The summed E-state index contributed by atoms with van der Waals surface area (Å²) in [5, 5.41) is 7.66. The predicted octanol–water partition coefficient (Wildman–Crippen LogP) is 1.36. The number of halogens is 3. The summed E-state index contributed by atoms with van der Waals surface area (Å²) < 4.78 is 43.1. The standard InChI is InChI=1S/C9H9F3N6S/c10-9(11,12)8-15-14-6-4-17(1-2-18(6)8)7-3-5(13)16-19-7/h3H,1-2,4H2,(H2,13,16). The van der Waals surface area contributed by atoms with E-state index in [0.717, 1.165) is 9.57 Å². The number of aromatic nitrogens is 4. The van der Waals surface area contributed by atoms with Crippen LogP contribution in [-0.2, 0) is 19.3 Å². The Morgan fingerprint density at radius 1 is 1.26 bits per heavy atom. The summed E-state index contributed by atoms with van der Waals surface area (Å²) >= 11 is 1.21. The molecule has 3 rings (SSSR count). The Morgan fingerprint density at radius 3 is 2.68 bits per heavy atom. The largest absolute Gasteiger partial charge is 0.451 e. The molecule has 10 heteroatoms. The predicted molar refractivity (Wildman–Crippen MR) is 62.6 cm³/mol. The van der Waals surface area contributed by atoms with E-state index >= 15 is 0 Å². The van der Waals surface area contributed by atoms with Crippen molar-refractivity contribution in [1.29, 1.82) is 0 Å². The van der Waals surface area contributed by atoms with Gasteiger partial charge in [0.15, 0.2) is 5.82 Å². The number of nitrogen functional groups attached to an aromatic ring is 1. The Morgan fingerprint density at radius 2 is 2.05 bits per heavy atom. The first-order valence-electron chi connectivity index (χ1n) is 5.41. The van der Waals surface area contributed by atoms with Crippen LogP contribution in [0.25, 0.3) is 0 Å². The van der Waals surface area contributed by atoms with Gasteiger partial charge in [-0.3, -0.25) is 0 Å². The molecule has 0 fully saturated rings. The van der Waals surface area contributed by atoms with Crippen molar-refractivity contribution in [3.63, 3.8) is 0 Å². The van der Waals surface area contributed by atoms with E-state index in [1.807, 2.05) is 4.90 Å². The number of nitrogens with zero attached hydrogens (tertiary/aromatic N) is 5. The quantitative estimate of drug-likeness (QED) is 0.858. The van der Waals surface area contributed by atoms with Crippen molar-refractivity contribution >= 4 is 22.4 Å². The van der Waals surface area contributed by atoms with Crippen molar-refractivity contribution in [2.24, 2.45) is 0 Å². The minimum Gasteiger partial charge on any atom is -0.383 e. The van der Waals surface area contributed by atoms with Crippen molar-refractivity contribution < 1.29 is 13.2 Å². The SMILES string of the molecule is Nc1cc(N2CCn3c(nnc3C(F)(F)F)C2)sn1. The molecular weight excluding hydrogens is 281 g/mol. The number of alkyl halides is 3. The Labute approximate surface area is 109 Å². The first-order valence-corrected chi connectivity index (χ1v) is 6.19. The molecule has 0 spiro atoms. The van der Waals surface area contributed by atoms with Crippen LogP contribution < -0.4 is 10.6 Å². The third-order valence-corrected chi connectivity index (χ3v) is 3.70. The minimum atomic E-state index is -4.47. The highest BCUT2D eigenvalue weighted by Gasteiger charge is 2.39. The topological polar surface area (TPSA) is 72.9 Å². The fourth-order valence-corrected chi connectivity index (χ4v) is 2.68. The highest BCUT2D eigenvalue weighted by molar-refractivity contribution is 7.10. The maximum atomic E-state index is 12.7. The smallest absolute Gasteiger partial charge is 0.383 e. The van der Waals surface area contributed by atoms with Gasteiger partial charge in [0.25, 0.3) is 0 Å². The number of fused-ring (bicyclic) bond motifs is 1. The summed E-state index contributed by atoms with van der Waals surface area (Å²) in [7, 11) is 0. The second-order valence-corrected chi connectivity index (χ2v) is 4.88. The van der Waals surface area contributed by atoms with E-state index in [9.17, 15) is 13.2 Å². The molecule has 0 bridgehead atoms. The third kappa shape index (κ3) is 2.11. The molecule has 1 aliphatic heterocycles. The van der Waals surface area contributed by atoms with Gasteiger partial charge in [0.2, 0.25) is 5.82 Å². The molecule has 0 aliphatic carbocycles. The van der Waals surface area contributed by atoms with E-state index in [4.69, 9.17) is 5.73 Å². The summed E-state index contributed by atoms with van der Waals surface area (Å²) in [5.41, 5.74) is 5.53. The third-order valence-electron chi connectivity index (χ3n) is 2.83. The van der Waals surface area contributed by atoms with Gasteiger partial charge in [-0.25, -0.2) is 0 Å². The van der Waals surface area contributed by atoms with Crippen LogP contribution in [0, 0.1) is 0 Å². The molecule has 0 radical (unpaired) electrons. The number of nitrogens with two attached hydrogens (primary N) is 1. The average molecular weight is 290 g/mol. The van der Waals surface area contributed by atoms with Gasteiger partial charge in [0.1, 0.15) is 10.8 Å². The van der Waals surface area contributed by atoms with Crippen LogP contribution >= 0.6 is 11.5 Å². The number of hydrogen-bond donors (Lipinski definition) is 1. The Kier molecular flexibility index (Phi) is 2.62. The molecule has 2 N–H and O–H groups in total. The van der Waals surface area contributed by atoms with Gasteiger partial charge in [-0.2, -0.15) is 17.5 Å². The molecule has 3 heterocycles. The zero-order valence-electron chi connectivity index (χ0n) is 9.55. The van der Waals surface area contributed by atoms with E-state index in [1.54, 1.807) is 6.07 Å². The molecule has 0 aromatic carbocycles. The maximum Gasteiger partial charge on any atom is 0.451 e. The minimum absolute atomic E-state index is 0.189. The van der Waals surface area contributed by atoms with E-state index in [0.29, 0.717) is 18.2 Å². The summed E-state index contributed by atoms with van der Waals surface area (Å²) in [6.45, 7) is 0.898. The lowest BCUT2D eigenvalue weighted by molar-refractivity contribution is -0.147. The zero-order valence-corrected chi connectivity index (χ0v) is 10.4. The van der Waals surface area contributed by atoms with Gasteiger partial charge in [0.05, 0.1) is 6.54 Å². The summed E-state index contributed by atoms with van der Waals surface area (Å²) in [6.07, 6.45) is -4.47. The molecule has 0 unspecified atom stereocenters. The van der Waals surface area contributed by atoms with Crippen LogP contribution in [0.5, 0.6) is 0 Å². The average Bonchev–Trinajstić information content (AvgIpc) is 2.92. The molecule has 0 saturated carbocycles. The molecule has 0 amide bonds. The van der Waals surface area contributed by atoms with Gasteiger partial charge in [0, 0.05) is 19.2 Å². The lowest BCUT2D eigenvalue weighted by Crippen LogP contribution is -2.34. The Hall–Kier alpha value is -1.84. The molecule has 0 atom stereocenters. The van der Waals surface area contributed by atoms with Crippen LogP contribution in [0.1, 0.15) is 11.6 Å². The van der Waals surface area contributed by atoms with E-state index in [2.05, 4.69) is 14.6 Å². The van der Waals surface area contributed by atoms with Crippen molar-refractivity contribution in [2.75, 3.05) is 17.2 Å². The van der Waals surface area contributed by atoms with Crippen LogP contribution in [0.3, 0.4) is 0 Å². The lowest BCUT2D eigenvalue weighted by atomic mass is 10.3. The molecule has 2 aromatic rings. The van der Waals surface area contributed by atoms with Gasteiger partial charge >= 0.3 is 6.18 Å². The molecule has 2 aromatic heterocycles. The normalized spacial score (nSPS) is 15.6. The van der Waals surface area contributed by atoms with E-state index in [-0.39, 0.29) is 13.1 Å². The fourth-order valence-electron chi connectivity index (χ4n) is 1.98. The number of rotatable bonds is 1. The maximum absolute atomic E-state index is 12.7.